The van der Waals surface area contributed by atoms with Crippen LogP contribution < -0.4 is 5.32 Å². The topological polar surface area (TPSA) is 82.1 Å². The summed E-state index contributed by atoms with van der Waals surface area (Å²) in [5.74, 6) is 0.782. The van der Waals surface area contributed by atoms with Crippen LogP contribution >= 0.6 is 11.8 Å². The van der Waals surface area contributed by atoms with Gasteiger partial charge in [-0.1, -0.05) is 0 Å². The lowest BCUT2D eigenvalue weighted by molar-refractivity contribution is 0.0831. The Labute approximate surface area is 68.6 Å². The van der Waals surface area contributed by atoms with Crippen molar-refractivity contribution in [2.45, 2.75) is 0 Å². The predicted octanol–water partition coefficient (Wildman–Crippen LogP) is 0.441. The Balaban J connectivity index is 2.90. The van der Waals surface area contributed by atoms with Crippen molar-refractivity contribution >= 4 is 24.3 Å². The average Bonchev–Trinajstić information content (AvgIpc) is 1.96. The molecular formula is C5H9N2O3S. The van der Waals surface area contributed by atoms with Crippen LogP contribution in [0.3, 0.4) is 0 Å². The molecule has 0 aromatic rings. The van der Waals surface area contributed by atoms with E-state index in [0.717, 1.165) is 6.34 Å². The van der Waals surface area contributed by atoms with Crippen molar-refractivity contribution in [3.63, 3.8) is 0 Å². The van der Waals surface area contributed by atoms with Crippen molar-refractivity contribution in [1.29, 1.82) is 5.41 Å². The standard InChI is InChI=1S/C5H9N2O3S/c6-3-7-1-2-11-4-10-5(8)9/h3H,1-2,4H2,(H2,6,7). The minimum atomic E-state index is -1.50. The molecule has 0 spiro atoms. The summed E-state index contributed by atoms with van der Waals surface area (Å²) < 4.78 is 4.11. The number of hydrogen-bond acceptors (Lipinski definition) is 4. The lowest BCUT2D eigenvalue weighted by Gasteiger charge is -1.98. The third-order valence-corrected chi connectivity index (χ3v) is 1.53. The maximum absolute atomic E-state index is 9.69. The number of thioether (sulfide) groups is 1. The monoisotopic (exact) mass is 177 g/mol. The van der Waals surface area contributed by atoms with Crippen molar-refractivity contribution < 1.29 is 14.6 Å². The van der Waals surface area contributed by atoms with E-state index in [1.807, 2.05) is 0 Å². The number of carbonyl (C=O) groups excluding carboxylic acids is 1. The van der Waals surface area contributed by atoms with Crippen LogP contribution in [0.5, 0.6) is 0 Å². The summed E-state index contributed by atoms with van der Waals surface area (Å²) in [5.41, 5.74) is 0. The van der Waals surface area contributed by atoms with Gasteiger partial charge in [0.15, 0.2) is 0 Å². The molecule has 63 valence electrons. The van der Waals surface area contributed by atoms with Gasteiger partial charge >= 0.3 is 6.16 Å². The van der Waals surface area contributed by atoms with Gasteiger partial charge in [-0.15, -0.1) is 11.8 Å². The van der Waals surface area contributed by atoms with E-state index >= 15 is 0 Å². The fourth-order valence-electron chi connectivity index (χ4n) is 0.352. The predicted molar refractivity (Wildman–Crippen MR) is 41.3 cm³/mol. The van der Waals surface area contributed by atoms with Gasteiger partial charge in [-0.25, -0.2) is 0 Å². The fraction of sp³-hybridized carbons (Fsp3) is 0.600. The Kier molecular flexibility index (Phi) is 6.60. The van der Waals surface area contributed by atoms with Gasteiger partial charge in [-0.05, 0) is 0 Å². The summed E-state index contributed by atoms with van der Waals surface area (Å²) in [4.78, 5) is 9.69. The van der Waals surface area contributed by atoms with E-state index in [9.17, 15) is 9.90 Å². The molecular weight excluding hydrogens is 168 g/mol. The van der Waals surface area contributed by atoms with Crippen LogP contribution in [0.15, 0.2) is 0 Å². The van der Waals surface area contributed by atoms with Crippen molar-refractivity contribution in [1.82, 2.24) is 5.32 Å². The summed E-state index contributed by atoms with van der Waals surface area (Å²) in [7, 11) is 0. The summed E-state index contributed by atoms with van der Waals surface area (Å²) in [6.45, 7) is 0.630. The molecule has 0 saturated heterocycles. The van der Waals surface area contributed by atoms with E-state index in [-0.39, 0.29) is 5.94 Å². The summed E-state index contributed by atoms with van der Waals surface area (Å²) in [6, 6.07) is 0. The van der Waals surface area contributed by atoms with Gasteiger partial charge in [-0.2, -0.15) is 9.90 Å². The average molecular weight is 177 g/mol. The first-order valence-electron chi connectivity index (χ1n) is 2.91. The van der Waals surface area contributed by atoms with Crippen LogP contribution in [0.1, 0.15) is 0 Å². The highest BCUT2D eigenvalue weighted by molar-refractivity contribution is 7.99. The second kappa shape index (κ2) is 7.20. The molecule has 0 saturated carbocycles. The van der Waals surface area contributed by atoms with Crippen LogP contribution in [-0.4, -0.2) is 30.7 Å². The maximum atomic E-state index is 9.69. The summed E-state index contributed by atoms with van der Waals surface area (Å²) >= 11 is 1.31. The van der Waals surface area contributed by atoms with Gasteiger partial charge in [0, 0.05) is 12.3 Å². The number of hydrogen-bond donors (Lipinski definition) is 2. The normalized spacial score (nSPS) is 8.73. The molecule has 0 aromatic heterocycles. The molecule has 0 amide bonds. The maximum Gasteiger partial charge on any atom is 0.550 e. The van der Waals surface area contributed by atoms with E-state index in [1.54, 1.807) is 0 Å². The van der Waals surface area contributed by atoms with Gasteiger partial charge in [-0.3, -0.25) is 5.41 Å². The van der Waals surface area contributed by atoms with Gasteiger partial charge in [0.05, 0.1) is 6.34 Å². The van der Waals surface area contributed by atoms with Gasteiger partial charge < -0.3 is 10.1 Å². The first-order valence-corrected chi connectivity index (χ1v) is 4.06. The van der Waals surface area contributed by atoms with E-state index in [4.69, 9.17) is 5.41 Å². The molecule has 0 bridgehead atoms. The lowest BCUT2D eigenvalue weighted by Crippen LogP contribution is -2.14. The van der Waals surface area contributed by atoms with E-state index in [0.29, 0.717) is 12.3 Å². The summed E-state index contributed by atoms with van der Waals surface area (Å²) in [5, 5.41) is 18.9. The first kappa shape index (κ1) is 10.1. The number of rotatable bonds is 6. The molecule has 0 heterocycles. The fourth-order valence-corrected chi connectivity index (χ4v) is 0.912. The molecule has 0 aromatic carbocycles. The minimum Gasteiger partial charge on any atom is -0.421 e. The van der Waals surface area contributed by atoms with Gasteiger partial charge in [0.2, 0.25) is 0 Å². The van der Waals surface area contributed by atoms with Crippen LogP contribution in [0.4, 0.5) is 4.79 Å². The summed E-state index contributed by atoms with van der Waals surface area (Å²) in [6.07, 6.45) is -0.419. The number of ether oxygens (including phenoxy) is 1. The van der Waals surface area contributed by atoms with Crippen molar-refractivity contribution in [2.24, 2.45) is 0 Å². The second-order valence-corrected chi connectivity index (χ2v) is 2.57. The van der Waals surface area contributed by atoms with Crippen LogP contribution in [0.2, 0.25) is 0 Å². The van der Waals surface area contributed by atoms with Crippen LogP contribution in [-0.2, 0) is 9.84 Å². The zero-order valence-electron chi connectivity index (χ0n) is 5.83. The first-order chi connectivity index (χ1) is 5.27. The zero-order chi connectivity index (χ0) is 8.53. The third-order valence-electron chi connectivity index (χ3n) is 0.753. The SMILES string of the molecule is N=CNCCSCOC([O])=O. The zero-order valence-corrected chi connectivity index (χ0v) is 6.65. The Morgan fingerprint density at radius 1 is 1.73 bits per heavy atom. The van der Waals surface area contributed by atoms with E-state index in [2.05, 4.69) is 10.1 Å². The molecule has 0 rings (SSSR count). The molecule has 0 aliphatic carbocycles. The smallest absolute Gasteiger partial charge is 0.421 e. The second-order valence-electron chi connectivity index (χ2n) is 1.52. The number of nitrogens with one attached hydrogen (secondary N) is 2. The highest BCUT2D eigenvalue weighted by Crippen LogP contribution is 1.98. The molecule has 2 N–H and O–H groups in total. The Morgan fingerprint density at radius 3 is 3.00 bits per heavy atom. The highest BCUT2D eigenvalue weighted by atomic mass is 32.2. The Bertz CT molecular complexity index is 131. The minimum absolute atomic E-state index is 0.0853. The Morgan fingerprint density at radius 2 is 2.45 bits per heavy atom. The van der Waals surface area contributed by atoms with E-state index < -0.39 is 6.16 Å². The van der Waals surface area contributed by atoms with E-state index in [1.165, 1.54) is 11.8 Å². The molecule has 0 aliphatic rings. The quantitative estimate of drug-likeness (QED) is 0.203. The molecule has 0 fully saturated rings. The molecule has 11 heavy (non-hydrogen) atoms. The molecule has 5 nitrogen and oxygen atoms in total. The third kappa shape index (κ3) is 9.09. The molecule has 0 aliphatic heterocycles. The van der Waals surface area contributed by atoms with Crippen molar-refractivity contribution in [3.05, 3.63) is 0 Å². The largest absolute Gasteiger partial charge is 0.550 e. The molecule has 0 unspecified atom stereocenters. The van der Waals surface area contributed by atoms with Crippen molar-refractivity contribution in [3.8, 4) is 0 Å². The van der Waals surface area contributed by atoms with Crippen LogP contribution in [0, 0.1) is 5.41 Å². The number of carbonyl (C=O) groups is 1. The molecule has 6 heteroatoms. The van der Waals surface area contributed by atoms with Gasteiger partial charge in [0.1, 0.15) is 5.94 Å². The highest BCUT2D eigenvalue weighted by Gasteiger charge is 1.96. The van der Waals surface area contributed by atoms with Crippen molar-refractivity contribution in [2.75, 3.05) is 18.2 Å². The lowest BCUT2D eigenvalue weighted by atomic mass is 10.8. The molecule has 1 radical (unpaired) electrons. The van der Waals surface area contributed by atoms with Crippen LogP contribution in [0.25, 0.3) is 0 Å². The molecule has 0 atom stereocenters. The van der Waals surface area contributed by atoms with Gasteiger partial charge in [0.25, 0.3) is 0 Å². The Hall–Kier alpha value is -0.910.